The molecule has 3 rings (SSSR count). The minimum absolute atomic E-state index is 0.164. The van der Waals surface area contributed by atoms with Crippen LogP contribution < -0.4 is 10.2 Å². The van der Waals surface area contributed by atoms with Gasteiger partial charge in [0.15, 0.2) is 0 Å². The molecule has 0 saturated carbocycles. The Labute approximate surface area is 139 Å². The molecule has 0 spiro atoms. The molecule has 0 aliphatic carbocycles. The molecule has 1 N–H and O–H groups in total. The number of esters is 1. The fraction of sp³-hybridized carbons (Fsp3) is 0.167. The van der Waals surface area contributed by atoms with Crippen LogP contribution in [0.3, 0.4) is 0 Å². The maximum atomic E-state index is 12.2. The molecule has 1 heterocycles. The van der Waals surface area contributed by atoms with Gasteiger partial charge in [0.1, 0.15) is 0 Å². The highest BCUT2D eigenvalue weighted by atomic mass is 16.5. The molecule has 6 nitrogen and oxygen atoms in total. The van der Waals surface area contributed by atoms with Crippen molar-refractivity contribution in [2.75, 3.05) is 23.9 Å². The van der Waals surface area contributed by atoms with E-state index in [2.05, 4.69) is 11.4 Å². The number of nitriles is 1. The molecular formula is C18H15N3O3. The lowest BCUT2D eigenvalue weighted by Gasteiger charge is -2.22. The van der Waals surface area contributed by atoms with Crippen LogP contribution in [0.5, 0.6) is 0 Å². The first-order valence-electron chi connectivity index (χ1n) is 7.37. The van der Waals surface area contributed by atoms with Gasteiger partial charge in [0, 0.05) is 17.9 Å². The van der Waals surface area contributed by atoms with Crippen LogP contribution in [0.4, 0.5) is 11.4 Å². The van der Waals surface area contributed by atoms with Crippen molar-refractivity contribution in [3.05, 3.63) is 59.2 Å². The fourth-order valence-corrected chi connectivity index (χ4v) is 2.65. The standard InChI is InChI=1S/C18H15N3O3/c1-24-18(23)13-5-6-14-10-21(11-17(22)20-16(14)8-13)15-4-2-3-12(7-15)9-19/h2-8H,10-11H2,1H3,(H,20,22). The number of nitrogens with zero attached hydrogens (tertiary/aromatic N) is 2. The van der Waals surface area contributed by atoms with Gasteiger partial charge in [-0.15, -0.1) is 0 Å². The molecule has 0 atom stereocenters. The Morgan fingerprint density at radius 1 is 1.25 bits per heavy atom. The van der Waals surface area contributed by atoms with Crippen molar-refractivity contribution in [2.24, 2.45) is 0 Å². The Balaban J connectivity index is 1.96. The number of fused-ring (bicyclic) bond motifs is 1. The molecule has 0 aromatic heterocycles. The van der Waals surface area contributed by atoms with E-state index in [0.29, 0.717) is 23.4 Å². The van der Waals surface area contributed by atoms with Crippen molar-refractivity contribution in [3.63, 3.8) is 0 Å². The number of carbonyl (C=O) groups excluding carboxylic acids is 2. The second-order valence-corrected chi connectivity index (χ2v) is 5.43. The average Bonchev–Trinajstić information content (AvgIpc) is 2.78. The third-order valence-electron chi connectivity index (χ3n) is 3.84. The van der Waals surface area contributed by atoms with Crippen LogP contribution in [0.15, 0.2) is 42.5 Å². The number of benzene rings is 2. The predicted octanol–water partition coefficient (Wildman–Crippen LogP) is 2.30. The van der Waals surface area contributed by atoms with Crippen LogP contribution in [0.2, 0.25) is 0 Å². The minimum Gasteiger partial charge on any atom is -0.465 e. The maximum Gasteiger partial charge on any atom is 0.337 e. The summed E-state index contributed by atoms with van der Waals surface area (Å²) < 4.78 is 4.71. The number of ether oxygens (including phenoxy) is 1. The zero-order chi connectivity index (χ0) is 17.1. The molecule has 2 aromatic rings. The lowest BCUT2D eigenvalue weighted by Crippen LogP contribution is -2.29. The highest BCUT2D eigenvalue weighted by Crippen LogP contribution is 2.26. The lowest BCUT2D eigenvalue weighted by atomic mass is 10.1. The molecule has 2 aromatic carbocycles. The molecule has 24 heavy (non-hydrogen) atoms. The van der Waals surface area contributed by atoms with Crippen LogP contribution in [0, 0.1) is 11.3 Å². The number of hydrogen-bond donors (Lipinski definition) is 1. The second-order valence-electron chi connectivity index (χ2n) is 5.43. The molecule has 0 saturated heterocycles. The number of anilines is 2. The first kappa shape index (κ1) is 15.6. The van der Waals surface area contributed by atoms with Gasteiger partial charge in [-0.2, -0.15) is 5.26 Å². The normalized spacial score (nSPS) is 13.3. The molecule has 0 radical (unpaired) electrons. The van der Waals surface area contributed by atoms with E-state index in [9.17, 15) is 9.59 Å². The van der Waals surface area contributed by atoms with Gasteiger partial charge in [-0.25, -0.2) is 4.79 Å². The van der Waals surface area contributed by atoms with Crippen molar-refractivity contribution >= 4 is 23.3 Å². The average molecular weight is 321 g/mol. The molecule has 1 aliphatic heterocycles. The van der Waals surface area contributed by atoms with E-state index in [1.165, 1.54) is 7.11 Å². The van der Waals surface area contributed by atoms with E-state index in [-0.39, 0.29) is 12.5 Å². The van der Waals surface area contributed by atoms with Crippen molar-refractivity contribution in [2.45, 2.75) is 6.54 Å². The number of nitrogens with one attached hydrogen (secondary N) is 1. The first-order chi connectivity index (χ1) is 11.6. The fourth-order valence-electron chi connectivity index (χ4n) is 2.65. The Hall–Kier alpha value is -3.33. The summed E-state index contributed by atoms with van der Waals surface area (Å²) in [7, 11) is 1.32. The second kappa shape index (κ2) is 6.42. The highest BCUT2D eigenvalue weighted by molar-refractivity contribution is 5.98. The van der Waals surface area contributed by atoms with Gasteiger partial charge in [0.25, 0.3) is 0 Å². The number of methoxy groups -OCH3 is 1. The van der Waals surface area contributed by atoms with E-state index in [1.807, 2.05) is 11.0 Å². The summed E-state index contributed by atoms with van der Waals surface area (Å²) in [6, 6.07) is 14.3. The van der Waals surface area contributed by atoms with Gasteiger partial charge < -0.3 is 15.0 Å². The van der Waals surface area contributed by atoms with Crippen molar-refractivity contribution < 1.29 is 14.3 Å². The SMILES string of the molecule is COC(=O)c1ccc2c(c1)NC(=O)CN(c1cccc(C#N)c1)C2. The first-order valence-corrected chi connectivity index (χ1v) is 7.37. The summed E-state index contributed by atoms with van der Waals surface area (Å²) in [6.45, 7) is 0.654. The molecule has 0 unspecified atom stereocenters. The van der Waals surface area contributed by atoms with Gasteiger partial charge in [0.05, 0.1) is 30.9 Å². The van der Waals surface area contributed by atoms with E-state index in [1.54, 1.807) is 36.4 Å². The minimum atomic E-state index is -0.449. The summed E-state index contributed by atoms with van der Waals surface area (Å²) in [5.41, 5.74) is 3.21. The summed E-state index contributed by atoms with van der Waals surface area (Å²) in [5.74, 6) is -0.631. The van der Waals surface area contributed by atoms with Gasteiger partial charge in [0.2, 0.25) is 5.91 Å². The monoisotopic (exact) mass is 321 g/mol. The summed E-state index contributed by atoms with van der Waals surface area (Å²) in [4.78, 5) is 25.7. The van der Waals surface area contributed by atoms with Crippen LogP contribution in [0.25, 0.3) is 0 Å². The quantitative estimate of drug-likeness (QED) is 0.858. The number of hydrogen-bond acceptors (Lipinski definition) is 5. The summed E-state index contributed by atoms with van der Waals surface area (Å²) in [5, 5.41) is 11.9. The lowest BCUT2D eigenvalue weighted by molar-refractivity contribution is -0.114. The number of rotatable bonds is 2. The van der Waals surface area contributed by atoms with Crippen LogP contribution in [-0.4, -0.2) is 25.5 Å². The third-order valence-corrected chi connectivity index (χ3v) is 3.84. The molecule has 1 amide bonds. The Morgan fingerprint density at radius 3 is 2.83 bits per heavy atom. The predicted molar refractivity (Wildman–Crippen MR) is 88.6 cm³/mol. The largest absolute Gasteiger partial charge is 0.465 e. The summed E-state index contributed by atoms with van der Waals surface area (Å²) in [6.07, 6.45) is 0. The van der Waals surface area contributed by atoms with Gasteiger partial charge in [-0.3, -0.25) is 4.79 Å². The molecule has 6 heteroatoms. The molecule has 0 fully saturated rings. The molecule has 1 aliphatic rings. The van der Waals surface area contributed by atoms with Crippen LogP contribution >= 0.6 is 0 Å². The molecule has 120 valence electrons. The van der Waals surface area contributed by atoms with E-state index in [0.717, 1.165) is 11.3 Å². The van der Waals surface area contributed by atoms with E-state index in [4.69, 9.17) is 10.00 Å². The van der Waals surface area contributed by atoms with Crippen LogP contribution in [0.1, 0.15) is 21.5 Å². The van der Waals surface area contributed by atoms with Crippen molar-refractivity contribution in [3.8, 4) is 6.07 Å². The number of amides is 1. The highest BCUT2D eigenvalue weighted by Gasteiger charge is 2.21. The van der Waals surface area contributed by atoms with E-state index < -0.39 is 5.97 Å². The third kappa shape index (κ3) is 3.06. The van der Waals surface area contributed by atoms with Crippen molar-refractivity contribution in [1.29, 1.82) is 5.26 Å². The van der Waals surface area contributed by atoms with Gasteiger partial charge in [-0.05, 0) is 35.9 Å². The zero-order valence-electron chi connectivity index (χ0n) is 13.1. The maximum absolute atomic E-state index is 12.2. The Morgan fingerprint density at radius 2 is 2.08 bits per heavy atom. The van der Waals surface area contributed by atoms with Crippen LogP contribution in [-0.2, 0) is 16.1 Å². The zero-order valence-corrected chi connectivity index (χ0v) is 13.1. The van der Waals surface area contributed by atoms with Gasteiger partial charge >= 0.3 is 5.97 Å². The topological polar surface area (TPSA) is 82.4 Å². The summed E-state index contributed by atoms with van der Waals surface area (Å²) >= 11 is 0. The smallest absolute Gasteiger partial charge is 0.337 e. The Kier molecular flexibility index (Phi) is 4.17. The molecule has 0 bridgehead atoms. The molecular weight excluding hydrogens is 306 g/mol. The van der Waals surface area contributed by atoms with Gasteiger partial charge in [-0.1, -0.05) is 12.1 Å². The Bertz CT molecular complexity index is 855. The van der Waals surface area contributed by atoms with Crippen molar-refractivity contribution in [1.82, 2.24) is 0 Å². The van der Waals surface area contributed by atoms with E-state index >= 15 is 0 Å². The number of carbonyl (C=O) groups is 2.